The minimum absolute atomic E-state index is 0.0263. The van der Waals surface area contributed by atoms with Gasteiger partial charge in [-0.05, 0) is 50.8 Å². The zero-order chi connectivity index (χ0) is 23.8. The highest BCUT2D eigenvalue weighted by molar-refractivity contribution is 7.89. The van der Waals surface area contributed by atoms with Crippen molar-refractivity contribution in [1.82, 2.24) is 19.4 Å². The Balaban J connectivity index is 1.70. The predicted molar refractivity (Wildman–Crippen MR) is 123 cm³/mol. The van der Waals surface area contributed by atoms with E-state index in [1.807, 2.05) is 14.1 Å². The molecule has 1 aliphatic heterocycles. The molecule has 3 aromatic rings. The fourth-order valence-corrected chi connectivity index (χ4v) is 4.50. The van der Waals surface area contributed by atoms with Crippen molar-refractivity contribution in [3.05, 3.63) is 71.8 Å². The number of carbonyl (C=O) groups is 1. The van der Waals surface area contributed by atoms with Crippen molar-refractivity contribution in [1.29, 1.82) is 0 Å². The van der Waals surface area contributed by atoms with Gasteiger partial charge in [-0.1, -0.05) is 18.2 Å². The average molecular weight is 472 g/mol. The highest BCUT2D eigenvalue weighted by atomic mass is 32.2. The zero-order valence-electron chi connectivity index (χ0n) is 18.5. The van der Waals surface area contributed by atoms with Gasteiger partial charge in [0.25, 0.3) is 5.91 Å². The van der Waals surface area contributed by atoms with Gasteiger partial charge < -0.3 is 14.4 Å². The molecule has 0 spiro atoms. The first-order valence-corrected chi connectivity index (χ1v) is 12.1. The normalized spacial score (nSPS) is 16.5. The van der Waals surface area contributed by atoms with E-state index in [-0.39, 0.29) is 28.9 Å². The maximum absolute atomic E-state index is 14.3. The van der Waals surface area contributed by atoms with Crippen LogP contribution in [0.2, 0.25) is 0 Å². The summed E-state index contributed by atoms with van der Waals surface area (Å²) in [7, 11) is 0.143. The van der Waals surface area contributed by atoms with Crippen LogP contribution in [0.1, 0.15) is 22.5 Å². The van der Waals surface area contributed by atoms with E-state index in [2.05, 4.69) is 9.88 Å². The van der Waals surface area contributed by atoms with E-state index in [0.717, 1.165) is 6.42 Å². The lowest BCUT2D eigenvalue weighted by Crippen LogP contribution is -2.34. The number of carbonyl (C=O) groups excluding carboxylic acids is 1. The summed E-state index contributed by atoms with van der Waals surface area (Å²) in [5.74, 6) is -0.108. The fraction of sp³-hybridized carbons (Fsp3) is 0.304. The predicted octanol–water partition coefficient (Wildman–Crippen LogP) is 2.16. The van der Waals surface area contributed by atoms with Crippen molar-refractivity contribution in [2.24, 2.45) is 5.14 Å². The number of hydrogen-bond acceptors (Lipinski definition) is 5. The number of halogens is 1. The number of nitrogens with zero attached hydrogens (tertiary/aromatic N) is 4. The molecule has 2 heterocycles. The molecule has 174 valence electrons. The maximum Gasteiger partial charge on any atom is 0.274 e. The Bertz CT molecular complexity index is 1270. The first-order valence-electron chi connectivity index (χ1n) is 10.5. The molecule has 0 aliphatic carbocycles. The first-order chi connectivity index (χ1) is 15.6. The summed E-state index contributed by atoms with van der Waals surface area (Å²) in [5, 5.41) is 5.20. The van der Waals surface area contributed by atoms with Crippen LogP contribution >= 0.6 is 0 Å². The number of hydrogen-bond donors (Lipinski definition) is 1. The Morgan fingerprint density at radius 3 is 2.48 bits per heavy atom. The van der Waals surface area contributed by atoms with Crippen molar-refractivity contribution in [2.75, 3.05) is 27.2 Å². The molecular weight excluding hydrogens is 445 g/mol. The number of rotatable bonds is 6. The van der Waals surface area contributed by atoms with Crippen LogP contribution in [-0.2, 0) is 16.6 Å². The van der Waals surface area contributed by atoms with E-state index in [1.54, 1.807) is 46.0 Å². The standard InChI is InChI=1S/C23H26FN5O3S/c1-27(2)18-11-12-28(14-18)23(30)21-15-29(13-17-5-3-4-6-20(17)24)22(26-21)16-7-9-19(10-8-16)33(25,31)32/h3-10,15,18H,11-14H2,1-2H3,(H2,25,31,32). The van der Waals surface area contributed by atoms with Crippen molar-refractivity contribution >= 4 is 15.9 Å². The number of sulfonamides is 1. The summed E-state index contributed by atoms with van der Waals surface area (Å²) in [6.07, 6.45) is 2.51. The van der Waals surface area contributed by atoms with Gasteiger partial charge in [0.1, 0.15) is 17.3 Å². The molecular formula is C23H26FN5O3S. The molecule has 0 radical (unpaired) electrons. The smallest absolute Gasteiger partial charge is 0.274 e. The molecule has 1 saturated heterocycles. The van der Waals surface area contributed by atoms with Gasteiger partial charge in [-0.15, -0.1) is 0 Å². The van der Waals surface area contributed by atoms with Gasteiger partial charge in [0.15, 0.2) is 0 Å². The minimum Gasteiger partial charge on any atom is -0.336 e. The van der Waals surface area contributed by atoms with Gasteiger partial charge >= 0.3 is 0 Å². The number of imidazole rings is 1. The molecule has 33 heavy (non-hydrogen) atoms. The number of benzene rings is 2. The third-order valence-electron chi connectivity index (χ3n) is 5.92. The molecule has 1 fully saturated rings. The topological polar surface area (TPSA) is 102 Å². The van der Waals surface area contributed by atoms with Gasteiger partial charge in [-0.3, -0.25) is 4.79 Å². The molecule has 8 nitrogen and oxygen atoms in total. The minimum atomic E-state index is -3.84. The van der Waals surface area contributed by atoms with Crippen LogP contribution in [0.3, 0.4) is 0 Å². The van der Waals surface area contributed by atoms with E-state index in [1.165, 1.54) is 18.2 Å². The number of likely N-dealkylation sites (N-methyl/N-ethyl adjacent to an activating group) is 1. The summed E-state index contributed by atoms with van der Waals surface area (Å²) in [6.45, 7) is 1.42. The summed E-state index contributed by atoms with van der Waals surface area (Å²) in [4.78, 5) is 21.6. The lowest BCUT2D eigenvalue weighted by molar-refractivity contribution is 0.0777. The molecule has 4 rings (SSSR count). The van der Waals surface area contributed by atoms with Crippen molar-refractivity contribution in [3.63, 3.8) is 0 Å². The fourth-order valence-electron chi connectivity index (χ4n) is 3.98. The molecule has 10 heteroatoms. The number of amides is 1. The van der Waals surface area contributed by atoms with E-state index in [0.29, 0.717) is 36.1 Å². The van der Waals surface area contributed by atoms with Crippen LogP contribution < -0.4 is 5.14 Å². The van der Waals surface area contributed by atoms with Gasteiger partial charge in [-0.25, -0.2) is 22.9 Å². The van der Waals surface area contributed by atoms with Crippen LogP contribution in [-0.4, -0.2) is 66.9 Å². The second kappa shape index (κ2) is 9.05. The molecule has 2 N–H and O–H groups in total. The molecule has 1 atom stereocenters. The van der Waals surface area contributed by atoms with E-state index < -0.39 is 10.0 Å². The second-order valence-corrected chi connectivity index (χ2v) is 9.96. The lowest BCUT2D eigenvalue weighted by atomic mass is 10.2. The quantitative estimate of drug-likeness (QED) is 0.594. The third kappa shape index (κ3) is 4.97. The molecule has 0 saturated carbocycles. The number of aromatic nitrogens is 2. The van der Waals surface area contributed by atoms with Crippen LogP contribution in [0.5, 0.6) is 0 Å². The second-order valence-electron chi connectivity index (χ2n) is 8.40. The Morgan fingerprint density at radius 2 is 1.88 bits per heavy atom. The highest BCUT2D eigenvalue weighted by Crippen LogP contribution is 2.24. The van der Waals surface area contributed by atoms with Crippen molar-refractivity contribution < 1.29 is 17.6 Å². The summed E-state index contributed by atoms with van der Waals surface area (Å²) >= 11 is 0. The molecule has 0 bridgehead atoms. The largest absolute Gasteiger partial charge is 0.336 e. The van der Waals surface area contributed by atoms with E-state index in [9.17, 15) is 17.6 Å². The third-order valence-corrected chi connectivity index (χ3v) is 6.85. The molecule has 1 amide bonds. The van der Waals surface area contributed by atoms with E-state index in [4.69, 9.17) is 5.14 Å². The van der Waals surface area contributed by atoms with Crippen LogP contribution in [0.4, 0.5) is 4.39 Å². The van der Waals surface area contributed by atoms with Gasteiger partial charge in [0.05, 0.1) is 11.4 Å². The SMILES string of the molecule is CN(C)C1CCN(C(=O)c2cn(Cc3ccccc3F)c(-c3ccc(S(N)(=O)=O)cc3)n2)C1. The zero-order valence-corrected chi connectivity index (χ0v) is 19.3. The summed E-state index contributed by atoms with van der Waals surface area (Å²) < 4.78 is 39.2. The molecule has 1 aromatic heterocycles. The first kappa shape index (κ1) is 23.1. The van der Waals surface area contributed by atoms with Crippen LogP contribution in [0, 0.1) is 5.82 Å². The average Bonchev–Trinajstić information content (AvgIpc) is 3.42. The summed E-state index contributed by atoms with van der Waals surface area (Å²) in [6, 6.07) is 12.6. The lowest BCUT2D eigenvalue weighted by Gasteiger charge is -2.19. The van der Waals surface area contributed by atoms with Crippen molar-refractivity contribution in [2.45, 2.75) is 23.9 Å². The van der Waals surface area contributed by atoms with E-state index >= 15 is 0 Å². The molecule has 2 aromatic carbocycles. The Morgan fingerprint density at radius 1 is 1.18 bits per heavy atom. The summed E-state index contributed by atoms with van der Waals surface area (Å²) in [5.41, 5.74) is 1.30. The Hall–Kier alpha value is -3.08. The van der Waals surface area contributed by atoms with Gasteiger partial charge in [-0.2, -0.15) is 0 Å². The van der Waals surface area contributed by atoms with Gasteiger partial charge in [0.2, 0.25) is 10.0 Å². The molecule has 1 unspecified atom stereocenters. The number of nitrogens with two attached hydrogens (primary N) is 1. The number of likely N-dealkylation sites (tertiary alicyclic amines) is 1. The van der Waals surface area contributed by atoms with Crippen LogP contribution in [0.25, 0.3) is 11.4 Å². The Labute approximate surface area is 192 Å². The Kier molecular flexibility index (Phi) is 6.33. The molecule has 1 aliphatic rings. The van der Waals surface area contributed by atoms with Crippen LogP contribution in [0.15, 0.2) is 59.6 Å². The maximum atomic E-state index is 14.3. The monoisotopic (exact) mass is 471 g/mol. The van der Waals surface area contributed by atoms with Gasteiger partial charge in [0, 0.05) is 36.5 Å². The highest BCUT2D eigenvalue weighted by Gasteiger charge is 2.30. The number of primary sulfonamides is 1. The van der Waals surface area contributed by atoms with Crippen molar-refractivity contribution in [3.8, 4) is 11.4 Å².